The Hall–Kier alpha value is -0.0800. The molecule has 0 aromatic carbocycles. The van der Waals surface area contributed by atoms with E-state index >= 15 is 0 Å². The molecule has 114 valence electrons. The monoisotopic (exact) mass is 269 g/mol. The highest BCUT2D eigenvalue weighted by atomic mass is 15.4. The van der Waals surface area contributed by atoms with E-state index in [1.54, 1.807) is 0 Å². The first-order valence-electron chi connectivity index (χ1n) is 8.47. The van der Waals surface area contributed by atoms with Crippen molar-refractivity contribution in [3.63, 3.8) is 0 Å². The van der Waals surface area contributed by atoms with Crippen molar-refractivity contribution in [3.8, 4) is 0 Å². The predicted molar refractivity (Wildman–Crippen MR) is 85.2 cm³/mol. The molecule has 0 bridgehead atoms. The first-order chi connectivity index (χ1) is 8.90. The minimum atomic E-state index is 0.277. The lowest BCUT2D eigenvalue weighted by atomic mass is 9.78. The first-order valence-corrected chi connectivity index (χ1v) is 8.47. The van der Waals surface area contributed by atoms with Crippen LogP contribution in [0.25, 0.3) is 0 Å². The summed E-state index contributed by atoms with van der Waals surface area (Å²) in [5, 5.41) is 0. The Morgan fingerprint density at radius 3 is 1.32 bits per heavy atom. The Morgan fingerprint density at radius 2 is 1.05 bits per heavy atom. The molecule has 1 saturated carbocycles. The molecule has 19 heavy (non-hydrogen) atoms. The van der Waals surface area contributed by atoms with Gasteiger partial charge in [-0.3, -0.25) is 0 Å². The quantitative estimate of drug-likeness (QED) is 0.751. The SMILES string of the molecule is CC(N)C1([N+](C)(C)C)CCCCCCCCCCC1. The molecule has 1 atom stereocenters. The molecule has 0 amide bonds. The maximum absolute atomic E-state index is 6.45. The second-order valence-corrected chi connectivity index (χ2v) is 7.59. The Balaban J connectivity index is 2.76. The van der Waals surface area contributed by atoms with Gasteiger partial charge in [0.2, 0.25) is 0 Å². The zero-order chi connectivity index (χ0) is 14.4. The molecule has 0 aromatic heterocycles. The van der Waals surface area contributed by atoms with Crippen molar-refractivity contribution in [3.05, 3.63) is 0 Å². The van der Waals surface area contributed by atoms with E-state index in [9.17, 15) is 0 Å². The molecule has 2 N–H and O–H groups in total. The zero-order valence-electron chi connectivity index (χ0n) is 13.9. The van der Waals surface area contributed by atoms with Crippen LogP contribution < -0.4 is 5.73 Å². The van der Waals surface area contributed by atoms with Crippen LogP contribution in [0.4, 0.5) is 0 Å². The second-order valence-electron chi connectivity index (χ2n) is 7.59. The van der Waals surface area contributed by atoms with Gasteiger partial charge in [0.25, 0.3) is 0 Å². The summed E-state index contributed by atoms with van der Waals surface area (Å²) in [6, 6.07) is 0.287. The maximum atomic E-state index is 6.45. The van der Waals surface area contributed by atoms with Crippen LogP contribution in [-0.2, 0) is 0 Å². The smallest absolute Gasteiger partial charge is 0.114 e. The third kappa shape index (κ3) is 4.75. The summed E-state index contributed by atoms with van der Waals surface area (Å²) in [7, 11) is 7.03. The summed E-state index contributed by atoms with van der Waals surface area (Å²) in [5.41, 5.74) is 6.73. The van der Waals surface area contributed by atoms with Gasteiger partial charge in [-0.25, -0.2) is 0 Å². The van der Waals surface area contributed by atoms with E-state index in [2.05, 4.69) is 28.1 Å². The average Bonchev–Trinajstić information content (AvgIpc) is 2.27. The van der Waals surface area contributed by atoms with Gasteiger partial charge in [0, 0.05) is 12.8 Å². The minimum Gasteiger partial charge on any atom is -0.325 e. The summed E-state index contributed by atoms with van der Waals surface area (Å²) in [6.07, 6.45) is 15.3. The van der Waals surface area contributed by atoms with E-state index < -0.39 is 0 Å². The summed E-state index contributed by atoms with van der Waals surface area (Å²) < 4.78 is 1.02. The van der Waals surface area contributed by atoms with Gasteiger partial charge in [-0.2, -0.15) is 0 Å². The van der Waals surface area contributed by atoms with E-state index in [0.717, 1.165) is 4.48 Å². The molecule has 0 aromatic rings. The van der Waals surface area contributed by atoms with E-state index in [1.807, 2.05) is 0 Å². The molecule has 2 nitrogen and oxygen atoms in total. The molecule has 0 spiro atoms. The van der Waals surface area contributed by atoms with Crippen molar-refractivity contribution in [2.75, 3.05) is 21.1 Å². The lowest BCUT2D eigenvalue weighted by molar-refractivity contribution is -0.926. The molecule has 0 aliphatic heterocycles. The van der Waals surface area contributed by atoms with Gasteiger partial charge in [-0.15, -0.1) is 0 Å². The fourth-order valence-electron chi connectivity index (χ4n) is 3.96. The van der Waals surface area contributed by atoms with Crippen LogP contribution in [0.3, 0.4) is 0 Å². The third-order valence-corrected chi connectivity index (χ3v) is 5.40. The Morgan fingerprint density at radius 1 is 0.737 bits per heavy atom. The number of nitrogens with two attached hydrogens (primary N) is 1. The fraction of sp³-hybridized carbons (Fsp3) is 1.00. The van der Waals surface area contributed by atoms with Crippen LogP contribution in [0.5, 0.6) is 0 Å². The molecule has 1 aliphatic carbocycles. The van der Waals surface area contributed by atoms with Gasteiger partial charge in [0.15, 0.2) is 0 Å². The van der Waals surface area contributed by atoms with Crippen LogP contribution >= 0.6 is 0 Å². The highest BCUT2D eigenvalue weighted by Gasteiger charge is 2.45. The van der Waals surface area contributed by atoms with Crippen LogP contribution in [-0.4, -0.2) is 37.2 Å². The minimum absolute atomic E-state index is 0.277. The first kappa shape index (κ1) is 17.0. The summed E-state index contributed by atoms with van der Waals surface area (Å²) in [6.45, 7) is 2.23. The molecule has 1 rings (SSSR count). The van der Waals surface area contributed by atoms with Crippen LogP contribution in [0.15, 0.2) is 0 Å². The van der Waals surface area contributed by atoms with Crippen molar-refractivity contribution >= 4 is 0 Å². The lowest BCUT2D eigenvalue weighted by Crippen LogP contribution is -2.65. The topological polar surface area (TPSA) is 26.0 Å². The number of rotatable bonds is 2. The molecule has 1 unspecified atom stereocenters. The molecular weight excluding hydrogens is 232 g/mol. The number of likely N-dealkylation sites (N-methyl/N-ethyl adjacent to an activating group) is 1. The van der Waals surface area contributed by atoms with E-state index in [-0.39, 0.29) is 11.6 Å². The van der Waals surface area contributed by atoms with Crippen LogP contribution in [0.1, 0.15) is 77.6 Å². The molecule has 0 saturated heterocycles. The highest BCUT2D eigenvalue weighted by Crippen LogP contribution is 2.34. The van der Waals surface area contributed by atoms with E-state index in [1.165, 1.54) is 70.6 Å². The second kappa shape index (κ2) is 7.64. The van der Waals surface area contributed by atoms with Gasteiger partial charge < -0.3 is 10.2 Å². The lowest BCUT2D eigenvalue weighted by Gasteiger charge is -2.49. The largest absolute Gasteiger partial charge is 0.325 e. The van der Waals surface area contributed by atoms with Crippen LogP contribution in [0, 0.1) is 0 Å². The van der Waals surface area contributed by atoms with Crippen molar-refractivity contribution in [1.82, 2.24) is 0 Å². The number of nitrogens with zero attached hydrogens (tertiary/aromatic N) is 1. The summed E-state index contributed by atoms with van der Waals surface area (Å²) >= 11 is 0. The van der Waals surface area contributed by atoms with Gasteiger partial charge in [0.05, 0.1) is 27.2 Å². The maximum Gasteiger partial charge on any atom is 0.114 e. The van der Waals surface area contributed by atoms with Crippen molar-refractivity contribution in [2.45, 2.75) is 89.1 Å². The zero-order valence-corrected chi connectivity index (χ0v) is 13.9. The van der Waals surface area contributed by atoms with Gasteiger partial charge >= 0.3 is 0 Å². The van der Waals surface area contributed by atoms with Crippen molar-refractivity contribution < 1.29 is 4.48 Å². The van der Waals surface area contributed by atoms with Crippen molar-refractivity contribution in [1.29, 1.82) is 0 Å². The molecular formula is C17H37N2+. The number of hydrogen-bond donors (Lipinski definition) is 1. The highest BCUT2D eigenvalue weighted by molar-refractivity contribution is 4.89. The normalized spacial score (nSPS) is 25.1. The molecule has 1 fully saturated rings. The average molecular weight is 269 g/mol. The Bertz CT molecular complexity index is 228. The molecule has 1 aliphatic rings. The van der Waals surface area contributed by atoms with Gasteiger partial charge in [0.1, 0.15) is 5.54 Å². The van der Waals surface area contributed by atoms with Crippen molar-refractivity contribution in [2.24, 2.45) is 5.73 Å². The standard InChI is InChI=1S/C17H37N2/c1-16(18)17(19(2,3)4)14-12-10-8-6-5-7-9-11-13-15-17/h16H,5-15,18H2,1-4H3/q+1. The van der Waals surface area contributed by atoms with E-state index in [4.69, 9.17) is 5.73 Å². The van der Waals surface area contributed by atoms with E-state index in [0.29, 0.717) is 0 Å². The molecule has 0 heterocycles. The Kier molecular flexibility index (Phi) is 6.82. The van der Waals surface area contributed by atoms with Crippen LogP contribution in [0.2, 0.25) is 0 Å². The Labute approximate surface area is 121 Å². The summed E-state index contributed by atoms with van der Waals surface area (Å²) in [5.74, 6) is 0. The third-order valence-electron chi connectivity index (χ3n) is 5.40. The van der Waals surface area contributed by atoms with Gasteiger partial charge in [-0.05, 0) is 19.8 Å². The van der Waals surface area contributed by atoms with Gasteiger partial charge in [-0.1, -0.05) is 44.9 Å². The summed E-state index contributed by atoms with van der Waals surface area (Å²) in [4.78, 5) is 0. The number of hydrogen-bond acceptors (Lipinski definition) is 1. The molecule has 2 heteroatoms. The fourth-order valence-corrected chi connectivity index (χ4v) is 3.96. The predicted octanol–water partition coefficient (Wildman–Crippen LogP) is 4.08. The number of quaternary nitrogens is 1. The molecule has 0 radical (unpaired) electrons.